The number of carbonyl (C=O) groups excluding carboxylic acids is 2. The van der Waals surface area contributed by atoms with Crippen molar-refractivity contribution in [2.45, 2.75) is 80.6 Å². The summed E-state index contributed by atoms with van der Waals surface area (Å²) in [5, 5.41) is 11.8. The molecule has 4 heterocycles. The van der Waals surface area contributed by atoms with Gasteiger partial charge in [0.1, 0.15) is 16.7 Å². The summed E-state index contributed by atoms with van der Waals surface area (Å²) in [5.41, 5.74) is -0.00410. The third-order valence-corrected chi connectivity index (χ3v) is 9.57. The molecule has 12 nitrogen and oxygen atoms in total. The van der Waals surface area contributed by atoms with Gasteiger partial charge in [-0.2, -0.15) is 0 Å². The molecule has 1 aliphatic carbocycles. The Hall–Kier alpha value is -3.26. The quantitative estimate of drug-likeness (QED) is 0.334. The van der Waals surface area contributed by atoms with Gasteiger partial charge in [0.15, 0.2) is 27.8 Å². The molecule has 1 saturated carbocycles. The van der Waals surface area contributed by atoms with E-state index in [0.717, 1.165) is 28.6 Å². The zero-order valence-electron chi connectivity index (χ0n) is 23.8. The number of halogens is 1. The van der Waals surface area contributed by atoms with Gasteiger partial charge >= 0.3 is 6.09 Å². The first-order valence-electron chi connectivity index (χ1n) is 14.1. The molecule has 0 radical (unpaired) electrons. The molecule has 2 fully saturated rings. The minimum atomic E-state index is -0.813. The molecule has 0 unspecified atom stereocenters. The van der Waals surface area contributed by atoms with Gasteiger partial charge in [-0.05, 0) is 86.9 Å². The normalized spacial score (nSPS) is 17.9. The molecule has 2 aromatic heterocycles. The average Bonchev–Trinajstić information content (AvgIpc) is 3.34. The van der Waals surface area contributed by atoms with E-state index in [9.17, 15) is 9.59 Å². The zero-order chi connectivity index (χ0) is 29.6. The van der Waals surface area contributed by atoms with Crippen LogP contribution in [0.2, 0.25) is 0 Å². The lowest BCUT2D eigenvalue weighted by molar-refractivity contribution is -0.136. The van der Waals surface area contributed by atoms with E-state index in [2.05, 4.69) is 31.2 Å². The molecule has 2 aliphatic heterocycles. The fourth-order valence-electron chi connectivity index (χ4n) is 5.32. The molecular formula is C28H34BrN7O5S. The maximum atomic E-state index is 13.3. The third-order valence-electron chi connectivity index (χ3n) is 7.71. The van der Waals surface area contributed by atoms with Crippen LogP contribution in [0.25, 0.3) is 11.2 Å². The molecule has 6 rings (SSSR count). The van der Waals surface area contributed by atoms with Crippen molar-refractivity contribution in [2.24, 2.45) is 5.92 Å². The molecule has 3 aromatic rings. The topological polar surface area (TPSA) is 147 Å². The standard InChI is InChI=1S/C28H34BrN7O5S/c1-27(2,3)41-26(38)34-28(7-8-28)24(37)35-9-4-16(5-10-35)6-11-36-14-31-22(30)21-23(36)33-25(32-21)42-20-13-19-18(12-17(20)29)39-15-40-19/h12-14,16,30H,4-11,15H2,1-3H3,(H,32,33)(H,34,38). The molecule has 42 heavy (non-hydrogen) atoms. The number of aromatic amines is 1. The number of imidazole rings is 1. The number of ether oxygens (including phenoxy) is 3. The van der Waals surface area contributed by atoms with Crippen LogP contribution in [0.5, 0.6) is 11.5 Å². The first-order chi connectivity index (χ1) is 20.0. The smallest absolute Gasteiger partial charge is 0.408 e. The number of fused-ring (bicyclic) bond motifs is 2. The van der Waals surface area contributed by atoms with Crippen molar-refractivity contribution in [2.75, 3.05) is 19.9 Å². The number of likely N-dealkylation sites (tertiary alicyclic amines) is 1. The number of piperidine rings is 1. The van der Waals surface area contributed by atoms with Crippen molar-refractivity contribution in [3.8, 4) is 11.5 Å². The number of aromatic nitrogens is 4. The Morgan fingerprint density at radius 3 is 2.64 bits per heavy atom. The monoisotopic (exact) mass is 659 g/mol. The minimum absolute atomic E-state index is 0.00576. The Morgan fingerprint density at radius 1 is 1.24 bits per heavy atom. The third kappa shape index (κ3) is 6.10. The van der Waals surface area contributed by atoms with Crippen LogP contribution in [0.15, 0.2) is 33.0 Å². The van der Waals surface area contributed by atoms with Crippen LogP contribution in [0, 0.1) is 11.3 Å². The van der Waals surface area contributed by atoms with Crippen LogP contribution in [0.4, 0.5) is 4.79 Å². The lowest BCUT2D eigenvalue weighted by Crippen LogP contribution is -2.53. The van der Waals surface area contributed by atoms with Gasteiger partial charge in [0.2, 0.25) is 12.7 Å². The minimum Gasteiger partial charge on any atom is -0.454 e. The summed E-state index contributed by atoms with van der Waals surface area (Å²) in [6.45, 7) is 7.67. The highest BCUT2D eigenvalue weighted by Gasteiger charge is 2.54. The van der Waals surface area contributed by atoms with Gasteiger partial charge in [-0.25, -0.2) is 14.8 Å². The van der Waals surface area contributed by atoms with E-state index in [1.165, 1.54) is 11.8 Å². The second kappa shape index (κ2) is 11.1. The van der Waals surface area contributed by atoms with E-state index in [-0.39, 0.29) is 18.2 Å². The highest BCUT2D eigenvalue weighted by atomic mass is 79.9. The lowest BCUT2D eigenvalue weighted by atomic mass is 9.93. The fraction of sp³-hybridized carbons (Fsp3) is 0.536. The molecule has 2 amide bonds. The Balaban J connectivity index is 1.06. The largest absolute Gasteiger partial charge is 0.454 e. The molecule has 3 aliphatic rings. The Bertz CT molecular complexity index is 1590. The van der Waals surface area contributed by atoms with Gasteiger partial charge in [-0.3, -0.25) is 10.2 Å². The summed E-state index contributed by atoms with van der Waals surface area (Å²) >= 11 is 5.04. The number of H-pyrrole nitrogens is 1. The predicted octanol–water partition coefficient (Wildman–Crippen LogP) is 4.57. The van der Waals surface area contributed by atoms with E-state index >= 15 is 0 Å². The number of aryl methyl sites for hydroxylation is 1. The van der Waals surface area contributed by atoms with Gasteiger partial charge in [0.25, 0.3) is 0 Å². The number of amides is 2. The van der Waals surface area contributed by atoms with E-state index in [1.54, 1.807) is 6.33 Å². The second-order valence-electron chi connectivity index (χ2n) is 12.0. The SMILES string of the molecule is CC(C)(C)OC(=O)NC1(C(=O)N2CCC(CCn3cnc(=N)c4[nH]c(Sc5cc6c(cc5Br)OCO6)nc43)CC2)CC1. The number of nitrogens with zero attached hydrogens (tertiary/aromatic N) is 4. The van der Waals surface area contributed by atoms with Crippen LogP contribution in [-0.4, -0.2) is 67.4 Å². The second-order valence-corrected chi connectivity index (χ2v) is 13.9. The number of hydrogen-bond acceptors (Lipinski definition) is 9. The molecule has 1 aromatic carbocycles. The van der Waals surface area contributed by atoms with E-state index < -0.39 is 17.2 Å². The molecule has 0 atom stereocenters. The van der Waals surface area contributed by atoms with E-state index in [0.29, 0.717) is 66.2 Å². The van der Waals surface area contributed by atoms with Crippen molar-refractivity contribution in [3.05, 3.63) is 28.4 Å². The van der Waals surface area contributed by atoms with Gasteiger partial charge in [0, 0.05) is 29.0 Å². The summed E-state index contributed by atoms with van der Waals surface area (Å²) < 4.78 is 19.2. The highest BCUT2D eigenvalue weighted by Crippen LogP contribution is 2.42. The number of nitrogens with one attached hydrogen (secondary N) is 3. The maximum absolute atomic E-state index is 13.3. The molecule has 3 N–H and O–H groups in total. The van der Waals surface area contributed by atoms with Gasteiger partial charge in [-0.1, -0.05) is 11.8 Å². The summed E-state index contributed by atoms with van der Waals surface area (Å²) in [7, 11) is 0. The van der Waals surface area contributed by atoms with Crippen molar-refractivity contribution in [1.82, 2.24) is 29.7 Å². The van der Waals surface area contributed by atoms with Crippen molar-refractivity contribution >= 4 is 50.9 Å². The van der Waals surface area contributed by atoms with Gasteiger partial charge in [0.05, 0.1) is 6.33 Å². The molecule has 0 spiro atoms. The van der Waals surface area contributed by atoms with E-state index in [4.69, 9.17) is 24.6 Å². The predicted molar refractivity (Wildman–Crippen MR) is 157 cm³/mol. The number of benzene rings is 1. The van der Waals surface area contributed by atoms with Crippen LogP contribution in [0.3, 0.4) is 0 Å². The first-order valence-corrected chi connectivity index (χ1v) is 15.7. The van der Waals surface area contributed by atoms with Crippen molar-refractivity contribution < 1.29 is 23.8 Å². The van der Waals surface area contributed by atoms with Gasteiger partial charge in [-0.15, -0.1) is 0 Å². The van der Waals surface area contributed by atoms with Gasteiger partial charge < -0.3 is 34.0 Å². The Labute approximate surface area is 255 Å². The van der Waals surface area contributed by atoms with Crippen LogP contribution in [-0.2, 0) is 16.1 Å². The molecule has 0 bridgehead atoms. The van der Waals surface area contributed by atoms with Crippen LogP contribution in [0.1, 0.15) is 52.9 Å². The maximum Gasteiger partial charge on any atom is 0.408 e. The molecule has 224 valence electrons. The number of hydrogen-bond donors (Lipinski definition) is 3. The Kier molecular flexibility index (Phi) is 7.62. The van der Waals surface area contributed by atoms with Crippen molar-refractivity contribution in [1.29, 1.82) is 5.41 Å². The number of alkyl carbamates (subject to hydrolysis) is 1. The molecule has 14 heteroatoms. The van der Waals surface area contributed by atoms with Crippen LogP contribution >= 0.6 is 27.7 Å². The highest BCUT2D eigenvalue weighted by molar-refractivity contribution is 9.10. The number of rotatable bonds is 7. The van der Waals surface area contributed by atoms with Crippen molar-refractivity contribution in [3.63, 3.8) is 0 Å². The summed E-state index contributed by atoms with van der Waals surface area (Å²) in [6.07, 6.45) is 5.11. The number of carbonyl (C=O) groups is 2. The Morgan fingerprint density at radius 2 is 1.95 bits per heavy atom. The summed E-state index contributed by atoms with van der Waals surface area (Å²) in [4.78, 5) is 40.7. The fourth-order valence-corrected chi connectivity index (χ4v) is 6.70. The molecular weight excluding hydrogens is 626 g/mol. The molecule has 1 saturated heterocycles. The average molecular weight is 661 g/mol. The lowest BCUT2D eigenvalue weighted by Gasteiger charge is -2.35. The zero-order valence-corrected chi connectivity index (χ0v) is 26.2. The summed E-state index contributed by atoms with van der Waals surface area (Å²) in [6, 6.07) is 3.79. The van der Waals surface area contributed by atoms with E-state index in [1.807, 2.05) is 42.4 Å². The van der Waals surface area contributed by atoms with Crippen LogP contribution < -0.4 is 20.3 Å². The first kappa shape index (κ1) is 28.8. The summed E-state index contributed by atoms with van der Waals surface area (Å²) in [5.74, 6) is 1.83.